The minimum Gasteiger partial charge on any atom is -0.509 e. The quantitative estimate of drug-likeness (QED) is 0.194. The Morgan fingerprint density at radius 3 is 1.13 bits per heavy atom. The van der Waals surface area contributed by atoms with Crippen molar-refractivity contribution in [3.63, 3.8) is 0 Å². The van der Waals surface area contributed by atoms with Gasteiger partial charge in [-0.1, -0.05) is 72.8 Å². The predicted octanol–water partition coefficient (Wildman–Crippen LogP) is 7.20. The van der Waals surface area contributed by atoms with Gasteiger partial charge in [0.1, 0.15) is 23.0 Å². The molecule has 0 aliphatic heterocycles. The van der Waals surface area contributed by atoms with Crippen molar-refractivity contribution in [2.75, 3.05) is 0 Å². The van der Waals surface area contributed by atoms with E-state index < -0.39 is 7.32 Å². The molecule has 5 aromatic rings. The lowest BCUT2D eigenvalue weighted by molar-refractivity contribution is 0.278. The Morgan fingerprint density at radius 1 is 0.395 bits per heavy atom. The highest BCUT2D eigenvalue weighted by molar-refractivity contribution is 6.33. The number of benzene rings is 5. The van der Waals surface area contributed by atoms with Crippen molar-refractivity contribution in [1.29, 1.82) is 0 Å². The highest BCUT2D eigenvalue weighted by atomic mass is 16.6. The third-order valence-corrected chi connectivity index (χ3v) is 5.21. The highest BCUT2D eigenvalue weighted by Gasteiger charge is 2.29. The van der Waals surface area contributed by atoms with Gasteiger partial charge in [-0.3, -0.25) is 0 Å². The summed E-state index contributed by atoms with van der Waals surface area (Å²) in [5.74, 6) is 2.49. The van der Waals surface area contributed by atoms with Crippen LogP contribution >= 0.6 is 0 Å². The van der Waals surface area contributed by atoms with Crippen molar-refractivity contribution in [1.82, 2.24) is 0 Å². The van der Waals surface area contributed by atoms with Crippen LogP contribution in [0.4, 0.5) is 0 Å². The summed E-state index contributed by atoms with van der Waals surface area (Å²) < 4.78 is 30.3. The van der Waals surface area contributed by atoms with Gasteiger partial charge in [0.2, 0.25) is 17.2 Å². The minimum absolute atomic E-state index is 0.0406. The summed E-state index contributed by atoms with van der Waals surface area (Å²) in [6.45, 7) is 0. The molecule has 0 spiro atoms. The van der Waals surface area contributed by atoms with E-state index >= 15 is 0 Å². The molecule has 0 aliphatic carbocycles. The van der Waals surface area contributed by atoms with Crippen molar-refractivity contribution in [3.05, 3.63) is 127 Å². The first-order valence-electron chi connectivity index (χ1n) is 11.8. The molecular weight excluding hydrogens is 483 g/mol. The number of hydrogen-bond acceptors (Lipinski definition) is 7. The van der Waals surface area contributed by atoms with Crippen LogP contribution in [0.3, 0.4) is 0 Å². The van der Waals surface area contributed by atoms with Gasteiger partial charge in [0.25, 0.3) is 0 Å². The van der Waals surface area contributed by atoms with E-state index in [2.05, 4.69) is 0 Å². The fourth-order valence-corrected chi connectivity index (χ4v) is 3.57. The van der Waals surface area contributed by atoms with Crippen molar-refractivity contribution >= 4 is 7.32 Å². The van der Waals surface area contributed by atoms with E-state index in [4.69, 9.17) is 23.6 Å². The van der Waals surface area contributed by atoms with Crippen molar-refractivity contribution in [2.45, 2.75) is 0 Å². The maximum Gasteiger partial charge on any atom is 0.707 e. The maximum atomic E-state index is 9.73. The van der Waals surface area contributed by atoms with Crippen molar-refractivity contribution in [2.24, 2.45) is 0 Å². The molecule has 0 atom stereocenters. The molecule has 8 heteroatoms. The topological polar surface area (TPSA) is 86.6 Å². The van der Waals surface area contributed by atoms with E-state index in [0.29, 0.717) is 23.0 Å². The first kappa shape index (κ1) is 24.8. The second-order valence-electron chi connectivity index (χ2n) is 7.96. The van der Waals surface area contributed by atoms with Gasteiger partial charge in [-0.25, -0.2) is 0 Å². The van der Waals surface area contributed by atoms with Gasteiger partial charge in [0, 0.05) is 6.07 Å². The van der Waals surface area contributed by atoms with Gasteiger partial charge in [0.05, 0.1) is 0 Å². The van der Waals surface area contributed by atoms with Gasteiger partial charge < -0.3 is 33.6 Å². The summed E-state index contributed by atoms with van der Waals surface area (Å²) in [5.41, 5.74) is 0. The van der Waals surface area contributed by atoms with Crippen molar-refractivity contribution < 1.29 is 33.6 Å². The van der Waals surface area contributed by atoms with Crippen LogP contribution in [0.5, 0.6) is 51.7 Å². The second kappa shape index (κ2) is 11.9. The lowest BCUT2D eigenvalue weighted by Crippen LogP contribution is -2.21. The van der Waals surface area contributed by atoms with E-state index in [9.17, 15) is 10.0 Å². The Morgan fingerprint density at radius 2 is 0.737 bits per heavy atom. The Hall–Kier alpha value is -4.92. The molecule has 0 saturated heterocycles. The summed E-state index contributed by atoms with van der Waals surface area (Å²) in [4.78, 5) is 0. The van der Waals surface area contributed by atoms with Crippen molar-refractivity contribution in [3.8, 4) is 51.7 Å². The van der Waals surface area contributed by atoms with Gasteiger partial charge in [-0.2, -0.15) is 0 Å². The monoisotopic (exact) mass is 506 g/mol. The summed E-state index contributed by atoms with van der Waals surface area (Å²) in [6.07, 6.45) is 0. The van der Waals surface area contributed by atoms with Gasteiger partial charge in [0.15, 0.2) is 11.5 Å². The molecule has 5 rings (SSSR count). The standard InChI is InChI=1S/C30H23BO7/c32-31(33)38-27-21-26(34-22-13-5-1-6-14-22)28(35-23-15-7-2-8-16-23)30(37-25-19-11-4-12-20-25)29(27)36-24-17-9-3-10-18-24/h1-21,32-33H. The smallest absolute Gasteiger partial charge is 0.509 e. The summed E-state index contributed by atoms with van der Waals surface area (Å²) in [6, 6.07) is 37.7. The summed E-state index contributed by atoms with van der Waals surface area (Å²) >= 11 is 0. The van der Waals surface area contributed by atoms with Crippen LogP contribution in [-0.2, 0) is 0 Å². The van der Waals surface area contributed by atoms with Gasteiger partial charge >= 0.3 is 7.32 Å². The Labute approximate surface area is 220 Å². The number of hydrogen-bond donors (Lipinski definition) is 2. The molecule has 0 unspecified atom stereocenters. The van der Waals surface area contributed by atoms with E-state index in [0.717, 1.165) is 0 Å². The average Bonchev–Trinajstić information content (AvgIpc) is 2.94. The molecule has 5 aromatic carbocycles. The molecule has 2 N–H and O–H groups in total. The molecule has 0 aromatic heterocycles. The van der Waals surface area contributed by atoms with E-state index in [-0.39, 0.29) is 28.7 Å². The zero-order valence-corrected chi connectivity index (χ0v) is 20.1. The molecule has 0 aliphatic rings. The van der Waals surface area contributed by atoms with Gasteiger partial charge in [-0.05, 0) is 48.5 Å². The Balaban J connectivity index is 1.73. The lowest BCUT2D eigenvalue weighted by Gasteiger charge is -2.22. The third kappa shape index (κ3) is 6.25. The fourth-order valence-electron chi connectivity index (χ4n) is 3.57. The maximum absolute atomic E-state index is 9.73. The van der Waals surface area contributed by atoms with Crippen LogP contribution in [0.1, 0.15) is 0 Å². The summed E-state index contributed by atoms with van der Waals surface area (Å²) in [7, 11) is -2.14. The fraction of sp³-hybridized carbons (Fsp3) is 0. The summed E-state index contributed by atoms with van der Waals surface area (Å²) in [5, 5.41) is 19.5. The molecule has 188 valence electrons. The first-order chi connectivity index (χ1) is 18.7. The number of ether oxygens (including phenoxy) is 4. The molecule has 0 fully saturated rings. The normalized spacial score (nSPS) is 10.4. The Kier molecular flexibility index (Phi) is 7.74. The van der Waals surface area contributed by atoms with Crippen LogP contribution in [0.2, 0.25) is 0 Å². The zero-order valence-electron chi connectivity index (χ0n) is 20.1. The molecule has 38 heavy (non-hydrogen) atoms. The molecule has 0 radical (unpaired) electrons. The predicted molar refractivity (Wildman–Crippen MR) is 143 cm³/mol. The molecule has 7 nitrogen and oxygen atoms in total. The van der Waals surface area contributed by atoms with Crippen LogP contribution < -0.4 is 23.6 Å². The lowest BCUT2D eigenvalue weighted by atomic mass is 10.2. The van der Waals surface area contributed by atoms with Crippen LogP contribution in [-0.4, -0.2) is 17.4 Å². The SMILES string of the molecule is OB(O)Oc1cc(Oc2ccccc2)c(Oc2ccccc2)c(Oc2ccccc2)c1Oc1ccccc1. The van der Waals surface area contributed by atoms with Crippen LogP contribution in [0, 0.1) is 0 Å². The Bertz CT molecular complexity index is 1450. The van der Waals surface area contributed by atoms with Crippen LogP contribution in [0.15, 0.2) is 127 Å². The van der Waals surface area contributed by atoms with E-state index in [1.165, 1.54) is 6.07 Å². The highest BCUT2D eigenvalue weighted by Crippen LogP contribution is 2.55. The molecule has 0 heterocycles. The minimum atomic E-state index is -2.14. The number of para-hydroxylation sites is 4. The zero-order chi connectivity index (χ0) is 26.2. The number of rotatable bonds is 10. The van der Waals surface area contributed by atoms with E-state index in [1.54, 1.807) is 48.5 Å². The largest absolute Gasteiger partial charge is 0.707 e. The first-order valence-corrected chi connectivity index (χ1v) is 11.8. The van der Waals surface area contributed by atoms with Gasteiger partial charge in [-0.15, -0.1) is 0 Å². The molecule has 0 bridgehead atoms. The van der Waals surface area contributed by atoms with E-state index in [1.807, 2.05) is 72.8 Å². The van der Waals surface area contributed by atoms with Crippen LogP contribution in [0.25, 0.3) is 0 Å². The molecular formula is C30H23BO7. The molecule has 0 amide bonds. The average molecular weight is 506 g/mol. The second-order valence-corrected chi connectivity index (χ2v) is 7.96. The molecule has 0 saturated carbocycles. The third-order valence-electron chi connectivity index (χ3n) is 5.21.